The predicted octanol–water partition coefficient (Wildman–Crippen LogP) is 0.710. The van der Waals surface area contributed by atoms with Gasteiger partial charge >= 0.3 is 5.97 Å². The highest BCUT2D eigenvalue weighted by Gasteiger charge is 2.40. The van der Waals surface area contributed by atoms with Crippen LogP contribution in [0.2, 0.25) is 0 Å². The highest BCUT2D eigenvalue weighted by atomic mass is 16.5. The van der Waals surface area contributed by atoms with Crippen molar-refractivity contribution in [2.75, 3.05) is 13.7 Å². The van der Waals surface area contributed by atoms with Crippen LogP contribution in [0.15, 0.2) is 24.3 Å². The minimum Gasteiger partial charge on any atom is -0.465 e. The van der Waals surface area contributed by atoms with E-state index in [0.29, 0.717) is 12.1 Å². The first kappa shape index (κ1) is 15.2. The molecule has 0 atom stereocenters. The molecule has 6 nitrogen and oxygen atoms in total. The van der Waals surface area contributed by atoms with Crippen LogP contribution in [0.1, 0.15) is 29.8 Å². The number of benzene rings is 1. The van der Waals surface area contributed by atoms with Crippen LogP contribution < -0.4 is 5.32 Å². The lowest BCUT2D eigenvalue weighted by Gasteiger charge is -2.40. The van der Waals surface area contributed by atoms with Crippen molar-refractivity contribution in [1.29, 1.82) is 0 Å². The van der Waals surface area contributed by atoms with Gasteiger partial charge in [0, 0.05) is 6.54 Å². The number of amides is 2. The van der Waals surface area contributed by atoms with Gasteiger partial charge in [-0.2, -0.15) is 0 Å². The molecule has 21 heavy (non-hydrogen) atoms. The number of nitrogens with one attached hydrogen (secondary N) is 1. The molecule has 1 aromatic rings. The Kier molecular flexibility index (Phi) is 4.09. The Morgan fingerprint density at radius 3 is 2.48 bits per heavy atom. The summed E-state index contributed by atoms with van der Waals surface area (Å²) in [5.74, 6) is -0.996. The van der Waals surface area contributed by atoms with Gasteiger partial charge in [0.25, 0.3) is 0 Å². The van der Waals surface area contributed by atoms with Crippen LogP contribution in [0, 0.1) is 0 Å². The molecule has 6 heteroatoms. The third kappa shape index (κ3) is 3.11. The Hall–Kier alpha value is -2.21. The molecule has 0 aromatic heterocycles. The lowest BCUT2D eigenvalue weighted by molar-refractivity contribution is -0.145. The molecule has 2 amide bonds. The van der Waals surface area contributed by atoms with E-state index in [1.54, 1.807) is 43.0 Å². The van der Waals surface area contributed by atoms with E-state index in [4.69, 9.17) is 0 Å². The molecule has 0 unspecified atom stereocenters. The second-order valence-corrected chi connectivity index (χ2v) is 5.48. The van der Waals surface area contributed by atoms with E-state index in [2.05, 4.69) is 10.1 Å². The molecule has 1 saturated heterocycles. The molecule has 0 saturated carbocycles. The molecule has 1 aromatic carbocycles. The van der Waals surface area contributed by atoms with Crippen LogP contribution in [-0.2, 0) is 20.9 Å². The predicted molar refractivity (Wildman–Crippen MR) is 75.4 cm³/mol. The lowest BCUT2D eigenvalue weighted by Crippen LogP contribution is -2.63. The first-order chi connectivity index (χ1) is 9.84. The molecular weight excluding hydrogens is 272 g/mol. The highest BCUT2D eigenvalue weighted by molar-refractivity contribution is 6.02. The first-order valence-electron chi connectivity index (χ1n) is 6.61. The second kappa shape index (κ2) is 5.65. The van der Waals surface area contributed by atoms with E-state index in [1.807, 2.05) is 0 Å². The number of carbonyl (C=O) groups excluding carboxylic acids is 3. The van der Waals surface area contributed by atoms with Crippen molar-refractivity contribution in [2.45, 2.75) is 25.9 Å². The second-order valence-electron chi connectivity index (χ2n) is 5.48. The number of imide groups is 1. The molecule has 1 fully saturated rings. The highest BCUT2D eigenvalue weighted by Crippen LogP contribution is 2.21. The van der Waals surface area contributed by atoms with Gasteiger partial charge in [-0.25, -0.2) is 4.79 Å². The number of nitrogens with zero attached hydrogens (tertiary/aromatic N) is 1. The Labute approximate surface area is 123 Å². The molecule has 1 aliphatic rings. The van der Waals surface area contributed by atoms with E-state index in [-0.39, 0.29) is 18.4 Å². The van der Waals surface area contributed by atoms with E-state index in [1.165, 1.54) is 7.11 Å². The first-order valence-corrected chi connectivity index (χ1v) is 6.61. The van der Waals surface area contributed by atoms with Gasteiger partial charge in [0.15, 0.2) is 0 Å². The van der Waals surface area contributed by atoms with Crippen LogP contribution in [0.5, 0.6) is 0 Å². The molecule has 0 spiro atoms. The number of piperazine rings is 1. The van der Waals surface area contributed by atoms with Gasteiger partial charge in [0.2, 0.25) is 11.8 Å². The summed E-state index contributed by atoms with van der Waals surface area (Å²) in [4.78, 5) is 36.6. The summed E-state index contributed by atoms with van der Waals surface area (Å²) >= 11 is 0. The number of ether oxygens (including phenoxy) is 1. The maximum Gasteiger partial charge on any atom is 0.337 e. The van der Waals surface area contributed by atoms with E-state index in [0.717, 1.165) is 5.56 Å². The topological polar surface area (TPSA) is 75.7 Å². The van der Waals surface area contributed by atoms with Gasteiger partial charge in [0.1, 0.15) is 0 Å². The minimum absolute atomic E-state index is 0.164. The Morgan fingerprint density at radius 2 is 1.90 bits per heavy atom. The molecule has 112 valence electrons. The largest absolute Gasteiger partial charge is 0.465 e. The monoisotopic (exact) mass is 290 g/mol. The zero-order chi connectivity index (χ0) is 15.6. The summed E-state index contributed by atoms with van der Waals surface area (Å²) < 4.78 is 4.64. The molecule has 0 bridgehead atoms. The van der Waals surface area contributed by atoms with Crippen molar-refractivity contribution in [3.05, 3.63) is 35.4 Å². The average Bonchev–Trinajstić information content (AvgIpc) is 2.45. The van der Waals surface area contributed by atoms with Gasteiger partial charge in [-0.05, 0) is 31.5 Å². The maximum absolute atomic E-state index is 11.9. The van der Waals surface area contributed by atoms with Gasteiger partial charge in [-0.15, -0.1) is 0 Å². The van der Waals surface area contributed by atoms with E-state index < -0.39 is 11.5 Å². The Balaban J connectivity index is 2.15. The zero-order valence-corrected chi connectivity index (χ0v) is 12.3. The number of carbonyl (C=O) groups is 3. The number of methoxy groups -OCH3 is 1. The molecule has 2 rings (SSSR count). The Morgan fingerprint density at radius 1 is 1.29 bits per heavy atom. The number of rotatable bonds is 3. The fraction of sp³-hybridized carbons (Fsp3) is 0.400. The van der Waals surface area contributed by atoms with Crippen molar-refractivity contribution in [2.24, 2.45) is 0 Å². The number of esters is 1. The zero-order valence-electron chi connectivity index (χ0n) is 12.3. The third-order valence-corrected chi connectivity index (χ3v) is 3.68. The van der Waals surface area contributed by atoms with Crippen LogP contribution >= 0.6 is 0 Å². The fourth-order valence-corrected chi connectivity index (χ4v) is 2.17. The van der Waals surface area contributed by atoms with Gasteiger partial charge in [-0.3, -0.25) is 19.8 Å². The SMILES string of the molecule is COC(=O)c1ccc(CN2CC(=O)NC(=O)C2(C)C)cc1. The van der Waals surface area contributed by atoms with E-state index >= 15 is 0 Å². The summed E-state index contributed by atoms with van der Waals surface area (Å²) in [5.41, 5.74) is 0.626. The van der Waals surface area contributed by atoms with Crippen LogP contribution in [0.25, 0.3) is 0 Å². The molecule has 1 aliphatic heterocycles. The fourth-order valence-electron chi connectivity index (χ4n) is 2.17. The third-order valence-electron chi connectivity index (χ3n) is 3.68. The standard InChI is InChI=1S/C15H18N2O4/c1-15(2)14(20)16-12(18)9-17(15)8-10-4-6-11(7-5-10)13(19)21-3/h4-7H,8-9H2,1-3H3,(H,16,18,20). The minimum atomic E-state index is -0.755. The smallest absolute Gasteiger partial charge is 0.337 e. The summed E-state index contributed by atoms with van der Waals surface area (Å²) in [6.45, 7) is 4.17. The van der Waals surface area contributed by atoms with Gasteiger partial charge in [-0.1, -0.05) is 12.1 Å². The molecular formula is C15H18N2O4. The van der Waals surface area contributed by atoms with Crippen LogP contribution in [-0.4, -0.2) is 41.9 Å². The summed E-state index contributed by atoms with van der Waals surface area (Å²) in [5, 5.41) is 2.34. The Bertz CT molecular complexity index is 578. The normalized spacial score (nSPS) is 18.2. The maximum atomic E-state index is 11.9. The molecule has 0 aliphatic carbocycles. The summed E-state index contributed by atoms with van der Waals surface area (Å²) in [7, 11) is 1.33. The average molecular weight is 290 g/mol. The van der Waals surface area contributed by atoms with Crippen molar-refractivity contribution in [3.8, 4) is 0 Å². The van der Waals surface area contributed by atoms with Crippen LogP contribution in [0.3, 0.4) is 0 Å². The molecule has 0 radical (unpaired) electrons. The van der Waals surface area contributed by atoms with Crippen molar-refractivity contribution >= 4 is 17.8 Å². The van der Waals surface area contributed by atoms with Crippen molar-refractivity contribution < 1.29 is 19.1 Å². The van der Waals surface area contributed by atoms with E-state index in [9.17, 15) is 14.4 Å². The summed E-state index contributed by atoms with van der Waals surface area (Å²) in [6.07, 6.45) is 0. The summed E-state index contributed by atoms with van der Waals surface area (Å²) in [6, 6.07) is 6.92. The number of hydrogen-bond acceptors (Lipinski definition) is 5. The number of hydrogen-bond donors (Lipinski definition) is 1. The molecule has 1 heterocycles. The van der Waals surface area contributed by atoms with Crippen molar-refractivity contribution in [3.63, 3.8) is 0 Å². The van der Waals surface area contributed by atoms with Crippen LogP contribution in [0.4, 0.5) is 0 Å². The lowest BCUT2D eigenvalue weighted by atomic mass is 9.97. The van der Waals surface area contributed by atoms with Gasteiger partial charge in [0.05, 0.1) is 24.8 Å². The molecule has 1 N–H and O–H groups in total. The quantitative estimate of drug-likeness (QED) is 0.655. The van der Waals surface area contributed by atoms with Crippen molar-refractivity contribution in [1.82, 2.24) is 10.2 Å². The van der Waals surface area contributed by atoms with Gasteiger partial charge < -0.3 is 4.74 Å².